The Morgan fingerprint density at radius 3 is 2.24 bits per heavy atom. The van der Waals surface area contributed by atoms with E-state index in [9.17, 15) is 0 Å². The predicted octanol–water partition coefficient (Wildman–Crippen LogP) is 5.07. The summed E-state index contributed by atoms with van der Waals surface area (Å²) in [6, 6.07) is 0.769. The fourth-order valence-electron chi connectivity index (χ4n) is 2.19. The molecule has 0 aliphatic rings. The zero-order valence-corrected chi connectivity index (χ0v) is 12.1. The van der Waals surface area contributed by atoms with Crippen LogP contribution in [0.3, 0.4) is 0 Å². The van der Waals surface area contributed by atoms with E-state index in [2.05, 4.69) is 25.7 Å². The summed E-state index contributed by atoms with van der Waals surface area (Å²) in [5.74, 6) is 0. The summed E-state index contributed by atoms with van der Waals surface area (Å²) in [6.07, 6.45) is 15.4. The van der Waals surface area contributed by atoms with Crippen LogP contribution >= 0.6 is 0 Å². The SMILES string of the molecule is C=CCCCCCC(CCCCC)NCCC. The van der Waals surface area contributed by atoms with Crippen molar-refractivity contribution < 1.29 is 0 Å². The highest BCUT2D eigenvalue weighted by Gasteiger charge is 2.06. The number of nitrogens with one attached hydrogen (secondary N) is 1. The maximum absolute atomic E-state index is 3.77. The average Bonchev–Trinajstić information content (AvgIpc) is 2.35. The Morgan fingerprint density at radius 1 is 0.941 bits per heavy atom. The average molecular weight is 239 g/mol. The smallest absolute Gasteiger partial charge is 0.00670 e. The Hall–Kier alpha value is -0.300. The molecule has 0 saturated heterocycles. The van der Waals surface area contributed by atoms with E-state index in [1.807, 2.05) is 6.08 Å². The molecule has 17 heavy (non-hydrogen) atoms. The van der Waals surface area contributed by atoms with Crippen LogP contribution in [0.15, 0.2) is 12.7 Å². The molecule has 0 aliphatic heterocycles. The number of allylic oxidation sites excluding steroid dienone is 1. The van der Waals surface area contributed by atoms with Crippen molar-refractivity contribution in [2.24, 2.45) is 0 Å². The summed E-state index contributed by atoms with van der Waals surface area (Å²) in [4.78, 5) is 0. The van der Waals surface area contributed by atoms with Gasteiger partial charge in [0.2, 0.25) is 0 Å². The molecule has 0 spiro atoms. The van der Waals surface area contributed by atoms with Gasteiger partial charge in [0.25, 0.3) is 0 Å². The second-order valence-electron chi connectivity index (χ2n) is 5.07. The number of hydrogen-bond donors (Lipinski definition) is 1. The van der Waals surface area contributed by atoms with E-state index in [4.69, 9.17) is 0 Å². The minimum absolute atomic E-state index is 0.769. The zero-order valence-electron chi connectivity index (χ0n) is 12.1. The molecule has 0 saturated carbocycles. The molecule has 1 atom stereocenters. The van der Waals surface area contributed by atoms with Crippen LogP contribution < -0.4 is 5.32 Å². The van der Waals surface area contributed by atoms with Gasteiger partial charge in [-0.1, -0.05) is 52.0 Å². The van der Waals surface area contributed by atoms with Gasteiger partial charge < -0.3 is 5.32 Å². The summed E-state index contributed by atoms with van der Waals surface area (Å²) in [5.41, 5.74) is 0. The van der Waals surface area contributed by atoms with Gasteiger partial charge in [-0.2, -0.15) is 0 Å². The van der Waals surface area contributed by atoms with E-state index in [0.717, 1.165) is 6.04 Å². The molecule has 1 nitrogen and oxygen atoms in total. The van der Waals surface area contributed by atoms with E-state index < -0.39 is 0 Å². The highest BCUT2D eigenvalue weighted by molar-refractivity contribution is 4.69. The molecule has 0 heterocycles. The van der Waals surface area contributed by atoms with Crippen molar-refractivity contribution in [2.45, 2.75) is 84.1 Å². The molecule has 0 fully saturated rings. The lowest BCUT2D eigenvalue weighted by atomic mass is 10.0. The highest BCUT2D eigenvalue weighted by atomic mass is 14.9. The predicted molar refractivity (Wildman–Crippen MR) is 79.5 cm³/mol. The standard InChI is InChI=1S/C16H33N/c1-4-7-9-10-12-14-16(17-15-6-3)13-11-8-5-2/h4,16-17H,1,5-15H2,2-3H3. The number of unbranched alkanes of at least 4 members (excludes halogenated alkanes) is 5. The third-order valence-corrected chi connectivity index (χ3v) is 3.30. The number of hydrogen-bond acceptors (Lipinski definition) is 1. The maximum Gasteiger partial charge on any atom is 0.00670 e. The van der Waals surface area contributed by atoms with Crippen LogP contribution in [0.25, 0.3) is 0 Å². The van der Waals surface area contributed by atoms with Crippen LogP contribution in [0, 0.1) is 0 Å². The van der Waals surface area contributed by atoms with Crippen molar-refractivity contribution in [3.05, 3.63) is 12.7 Å². The molecule has 0 bridgehead atoms. The molecule has 0 aromatic carbocycles. The first kappa shape index (κ1) is 16.7. The number of rotatable bonds is 13. The maximum atomic E-state index is 3.77. The van der Waals surface area contributed by atoms with Crippen molar-refractivity contribution in [1.82, 2.24) is 5.32 Å². The topological polar surface area (TPSA) is 12.0 Å². The van der Waals surface area contributed by atoms with Gasteiger partial charge in [0.15, 0.2) is 0 Å². The lowest BCUT2D eigenvalue weighted by Crippen LogP contribution is -2.29. The van der Waals surface area contributed by atoms with Gasteiger partial charge in [0.1, 0.15) is 0 Å². The van der Waals surface area contributed by atoms with Gasteiger partial charge in [-0.3, -0.25) is 0 Å². The van der Waals surface area contributed by atoms with Crippen molar-refractivity contribution in [3.63, 3.8) is 0 Å². The Bertz CT molecular complexity index is 154. The fraction of sp³-hybridized carbons (Fsp3) is 0.875. The van der Waals surface area contributed by atoms with Crippen molar-refractivity contribution in [3.8, 4) is 0 Å². The third kappa shape index (κ3) is 12.0. The first-order chi connectivity index (χ1) is 8.35. The molecule has 1 heteroatoms. The summed E-state index contributed by atoms with van der Waals surface area (Å²) in [5, 5.41) is 3.70. The Kier molecular flexibility index (Phi) is 13.5. The molecule has 0 radical (unpaired) electrons. The summed E-state index contributed by atoms with van der Waals surface area (Å²) >= 11 is 0. The monoisotopic (exact) mass is 239 g/mol. The molecule has 0 rings (SSSR count). The van der Waals surface area contributed by atoms with Crippen molar-refractivity contribution >= 4 is 0 Å². The fourth-order valence-corrected chi connectivity index (χ4v) is 2.19. The van der Waals surface area contributed by atoms with Crippen LogP contribution in [0.5, 0.6) is 0 Å². The van der Waals surface area contributed by atoms with Gasteiger partial charge in [0.05, 0.1) is 0 Å². The minimum atomic E-state index is 0.769. The first-order valence-electron chi connectivity index (χ1n) is 7.69. The largest absolute Gasteiger partial charge is 0.314 e. The zero-order chi connectivity index (χ0) is 12.8. The molecule has 0 aromatic heterocycles. The molecule has 0 amide bonds. The van der Waals surface area contributed by atoms with Gasteiger partial charge >= 0.3 is 0 Å². The van der Waals surface area contributed by atoms with Crippen LogP contribution in [-0.2, 0) is 0 Å². The first-order valence-corrected chi connectivity index (χ1v) is 7.69. The van der Waals surface area contributed by atoms with Gasteiger partial charge in [-0.15, -0.1) is 6.58 Å². The van der Waals surface area contributed by atoms with Gasteiger partial charge in [0, 0.05) is 6.04 Å². The second-order valence-corrected chi connectivity index (χ2v) is 5.07. The van der Waals surface area contributed by atoms with Crippen LogP contribution in [-0.4, -0.2) is 12.6 Å². The Morgan fingerprint density at radius 2 is 1.65 bits per heavy atom. The molecule has 102 valence electrons. The molecular formula is C16H33N. The molecule has 0 aliphatic carbocycles. The van der Waals surface area contributed by atoms with E-state index in [-0.39, 0.29) is 0 Å². The van der Waals surface area contributed by atoms with Crippen molar-refractivity contribution in [2.75, 3.05) is 6.54 Å². The van der Waals surface area contributed by atoms with Crippen LogP contribution in [0.4, 0.5) is 0 Å². The molecule has 1 unspecified atom stereocenters. The van der Waals surface area contributed by atoms with Crippen molar-refractivity contribution in [1.29, 1.82) is 0 Å². The van der Waals surface area contributed by atoms with E-state index in [1.165, 1.54) is 70.8 Å². The Balaban J connectivity index is 3.56. The summed E-state index contributed by atoms with van der Waals surface area (Å²) < 4.78 is 0. The molecule has 1 N–H and O–H groups in total. The van der Waals surface area contributed by atoms with Crippen LogP contribution in [0.2, 0.25) is 0 Å². The van der Waals surface area contributed by atoms with E-state index in [1.54, 1.807) is 0 Å². The van der Waals surface area contributed by atoms with Gasteiger partial charge in [-0.05, 0) is 38.6 Å². The van der Waals surface area contributed by atoms with E-state index in [0.29, 0.717) is 0 Å². The van der Waals surface area contributed by atoms with Gasteiger partial charge in [-0.25, -0.2) is 0 Å². The highest BCUT2D eigenvalue weighted by Crippen LogP contribution is 2.12. The lowest BCUT2D eigenvalue weighted by Gasteiger charge is -2.18. The Labute approximate surface area is 109 Å². The summed E-state index contributed by atoms with van der Waals surface area (Å²) in [6.45, 7) is 9.49. The van der Waals surface area contributed by atoms with Crippen LogP contribution in [0.1, 0.15) is 78.1 Å². The molecule has 0 aromatic rings. The molecular weight excluding hydrogens is 206 g/mol. The summed E-state index contributed by atoms with van der Waals surface area (Å²) in [7, 11) is 0. The van der Waals surface area contributed by atoms with E-state index >= 15 is 0 Å². The second kappa shape index (κ2) is 13.8. The third-order valence-electron chi connectivity index (χ3n) is 3.30. The quantitative estimate of drug-likeness (QED) is 0.349. The minimum Gasteiger partial charge on any atom is -0.314 e. The normalized spacial score (nSPS) is 12.6. The lowest BCUT2D eigenvalue weighted by molar-refractivity contribution is 0.418.